The fraction of sp³-hybridized carbons (Fsp3) is 0. The van der Waals surface area contributed by atoms with Crippen LogP contribution in [0, 0.1) is 0 Å². The Balaban J connectivity index is 2.24. The van der Waals surface area contributed by atoms with Gasteiger partial charge in [0.1, 0.15) is 5.75 Å². The number of benzene rings is 2. The van der Waals surface area contributed by atoms with E-state index in [1.807, 2.05) is 0 Å². The Morgan fingerprint density at radius 2 is 1.67 bits per heavy atom. The summed E-state index contributed by atoms with van der Waals surface area (Å²) in [5.74, 6) is -0.505. The fourth-order valence-electron chi connectivity index (χ4n) is 1.49. The Labute approximate surface area is 114 Å². The maximum atomic E-state index is 11.9. The molecule has 0 saturated carbocycles. The number of halogens is 2. The molecule has 2 N–H and O–H groups in total. The zero-order valence-corrected chi connectivity index (χ0v) is 10.7. The molecule has 0 spiro atoms. The molecule has 0 bridgehead atoms. The minimum Gasteiger partial charge on any atom is -0.507 e. The molecule has 1 amide bonds. The van der Waals surface area contributed by atoms with Gasteiger partial charge in [0.2, 0.25) is 0 Å². The van der Waals surface area contributed by atoms with E-state index in [2.05, 4.69) is 5.32 Å². The second-order valence-corrected chi connectivity index (χ2v) is 4.50. The summed E-state index contributed by atoms with van der Waals surface area (Å²) in [5.41, 5.74) is 0.661. The molecule has 0 aliphatic heterocycles. The lowest BCUT2D eigenvalue weighted by Crippen LogP contribution is -2.11. The van der Waals surface area contributed by atoms with Crippen molar-refractivity contribution in [2.45, 2.75) is 0 Å². The van der Waals surface area contributed by atoms with Gasteiger partial charge in [-0.2, -0.15) is 0 Å². The van der Waals surface area contributed by atoms with Crippen LogP contribution in [0.25, 0.3) is 0 Å². The second-order valence-electron chi connectivity index (χ2n) is 3.63. The highest BCUT2D eigenvalue weighted by Gasteiger charge is 2.10. The topological polar surface area (TPSA) is 49.3 Å². The van der Waals surface area contributed by atoms with E-state index in [0.717, 1.165) is 0 Å². The van der Waals surface area contributed by atoms with Gasteiger partial charge in [0.25, 0.3) is 5.91 Å². The number of hydrogen-bond donors (Lipinski definition) is 2. The first-order chi connectivity index (χ1) is 8.56. The van der Waals surface area contributed by atoms with Gasteiger partial charge in [0.05, 0.1) is 5.56 Å². The minimum atomic E-state index is -0.425. The molecular weight excluding hydrogens is 273 g/mol. The van der Waals surface area contributed by atoms with Crippen LogP contribution in [0.3, 0.4) is 0 Å². The van der Waals surface area contributed by atoms with Crippen molar-refractivity contribution < 1.29 is 9.90 Å². The van der Waals surface area contributed by atoms with E-state index in [9.17, 15) is 9.90 Å². The van der Waals surface area contributed by atoms with Crippen LogP contribution in [0.5, 0.6) is 5.75 Å². The van der Waals surface area contributed by atoms with Gasteiger partial charge in [-0.05, 0) is 30.3 Å². The molecule has 0 atom stereocenters. The maximum Gasteiger partial charge on any atom is 0.259 e. The Kier molecular flexibility index (Phi) is 3.75. The molecule has 0 heterocycles. The number of nitrogens with one attached hydrogen (secondary N) is 1. The molecule has 2 aromatic rings. The largest absolute Gasteiger partial charge is 0.507 e. The first-order valence-corrected chi connectivity index (χ1v) is 5.87. The highest BCUT2D eigenvalue weighted by Crippen LogP contribution is 2.24. The summed E-state index contributed by atoms with van der Waals surface area (Å²) in [7, 11) is 0. The van der Waals surface area contributed by atoms with Gasteiger partial charge in [-0.3, -0.25) is 4.79 Å². The number of rotatable bonds is 2. The number of phenols is 1. The fourth-order valence-corrected chi connectivity index (χ4v) is 2.02. The molecule has 5 heteroatoms. The third-order valence-electron chi connectivity index (χ3n) is 2.27. The van der Waals surface area contributed by atoms with E-state index in [0.29, 0.717) is 15.7 Å². The number of carbonyl (C=O) groups is 1. The first kappa shape index (κ1) is 12.7. The second kappa shape index (κ2) is 5.29. The Hall–Kier alpha value is -1.71. The van der Waals surface area contributed by atoms with Gasteiger partial charge in [-0.1, -0.05) is 35.3 Å². The van der Waals surface area contributed by atoms with E-state index in [-0.39, 0.29) is 11.3 Å². The van der Waals surface area contributed by atoms with Crippen LogP contribution in [0.1, 0.15) is 10.4 Å². The Bertz CT molecular complexity index is 579. The number of carbonyl (C=O) groups excluding carboxylic acids is 1. The maximum absolute atomic E-state index is 11.9. The molecule has 0 unspecified atom stereocenters. The molecule has 92 valence electrons. The van der Waals surface area contributed by atoms with Gasteiger partial charge in [0.15, 0.2) is 0 Å². The van der Waals surface area contributed by atoms with Crippen LogP contribution in [0.15, 0.2) is 42.5 Å². The van der Waals surface area contributed by atoms with Crippen molar-refractivity contribution in [3.8, 4) is 5.75 Å². The van der Waals surface area contributed by atoms with Crippen LogP contribution in [-0.2, 0) is 0 Å². The van der Waals surface area contributed by atoms with Gasteiger partial charge in [-0.25, -0.2) is 0 Å². The van der Waals surface area contributed by atoms with Gasteiger partial charge in [0, 0.05) is 15.7 Å². The summed E-state index contributed by atoms with van der Waals surface area (Å²) in [6.45, 7) is 0. The lowest BCUT2D eigenvalue weighted by molar-refractivity contribution is 0.102. The molecular formula is C13H9Cl2NO2. The number of anilines is 1. The molecule has 2 rings (SSSR count). The Morgan fingerprint density at radius 3 is 2.28 bits per heavy atom. The predicted molar refractivity (Wildman–Crippen MR) is 72.5 cm³/mol. The number of hydrogen-bond acceptors (Lipinski definition) is 2. The van der Waals surface area contributed by atoms with Crippen LogP contribution in [0.2, 0.25) is 10.0 Å². The molecule has 18 heavy (non-hydrogen) atoms. The number of phenolic OH excluding ortho intramolecular Hbond substituents is 1. The molecule has 0 radical (unpaired) electrons. The van der Waals surface area contributed by atoms with Crippen molar-refractivity contribution >= 4 is 34.8 Å². The normalized spacial score (nSPS) is 10.1. The van der Waals surface area contributed by atoms with Crippen molar-refractivity contribution in [3.63, 3.8) is 0 Å². The summed E-state index contributed by atoms with van der Waals surface area (Å²) >= 11 is 11.7. The van der Waals surface area contributed by atoms with Crippen LogP contribution >= 0.6 is 23.2 Å². The molecule has 0 fully saturated rings. The van der Waals surface area contributed by atoms with E-state index in [1.165, 1.54) is 12.1 Å². The van der Waals surface area contributed by atoms with Gasteiger partial charge < -0.3 is 10.4 Å². The van der Waals surface area contributed by atoms with Crippen LogP contribution in [-0.4, -0.2) is 11.0 Å². The van der Waals surface area contributed by atoms with E-state index in [1.54, 1.807) is 30.3 Å². The average Bonchev–Trinajstić information content (AvgIpc) is 2.27. The third kappa shape index (κ3) is 2.94. The van der Waals surface area contributed by atoms with Gasteiger partial charge in [-0.15, -0.1) is 0 Å². The zero-order chi connectivity index (χ0) is 13.1. The molecule has 0 saturated heterocycles. The lowest BCUT2D eigenvalue weighted by atomic mass is 10.2. The SMILES string of the molecule is O=C(Nc1cc(Cl)cc(Cl)c1)c1ccccc1O. The summed E-state index contributed by atoms with van der Waals surface area (Å²) in [5, 5.41) is 13.0. The van der Waals surface area contributed by atoms with Crippen molar-refractivity contribution in [1.82, 2.24) is 0 Å². The molecule has 0 aliphatic rings. The quantitative estimate of drug-likeness (QED) is 0.876. The van der Waals surface area contributed by atoms with Crippen LogP contribution < -0.4 is 5.32 Å². The predicted octanol–water partition coefficient (Wildman–Crippen LogP) is 3.95. The van der Waals surface area contributed by atoms with Crippen molar-refractivity contribution in [2.24, 2.45) is 0 Å². The molecule has 3 nitrogen and oxygen atoms in total. The van der Waals surface area contributed by atoms with Crippen molar-refractivity contribution in [1.29, 1.82) is 0 Å². The van der Waals surface area contributed by atoms with E-state index < -0.39 is 5.91 Å². The average molecular weight is 282 g/mol. The minimum absolute atomic E-state index is 0.0804. The van der Waals surface area contributed by atoms with Gasteiger partial charge >= 0.3 is 0 Å². The lowest BCUT2D eigenvalue weighted by Gasteiger charge is -2.07. The highest BCUT2D eigenvalue weighted by molar-refractivity contribution is 6.35. The van der Waals surface area contributed by atoms with Crippen molar-refractivity contribution in [2.75, 3.05) is 5.32 Å². The summed E-state index contributed by atoms with van der Waals surface area (Å²) in [6.07, 6.45) is 0. The number of amides is 1. The molecule has 0 aromatic heterocycles. The number of aromatic hydroxyl groups is 1. The summed E-state index contributed by atoms with van der Waals surface area (Å²) in [4.78, 5) is 11.9. The Morgan fingerprint density at radius 1 is 1.06 bits per heavy atom. The zero-order valence-electron chi connectivity index (χ0n) is 9.15. The number of para-hydroxylation sites is 1. The standard InChI is InChI=1S/C13H9Cl2NO2/c14-8-5-9(15)7-10(6-8)16-13(18)11-3-1-2-4-12(11)17/h1-7,17H,(H,16,18). The molecule has 2 aromatic carbocycles. The van der Waals surface area contributed by atoms with Crippen molar-refractivity contribution in [3.05, 3.63) is 58.1 Å². The summed E-state index contributed by atoms with van der Waals surface area (Å²) < 4.78 is 0. The smallest absolute Gasteiger partial charge is 0.259 e. The van der Waals surface area contributed by atoms with Crippen LogP contribution in [0.4, 0.5) is 5.69 Å². The third-order valence-corrected chi connectivity index (χ3v) is 2.71. The monoisotopic (exact) mass is 281 g/mol. The highest BCUT2D eigenvalue weighted by atomic mass is 35.5. The molecule has 0 aliphatic carbocycles. The summed E-state index contributed by atoms with van der Waals surface area (Å²) in [6, 6.07) is 11.0. The van der Waals surface area contributed by atoms with E-state index in [4.69, 9.17) is 23.2 Å². The first-order valence-electron chi connectivity index (χ1n) is 5.12. The van der Waals surface area contributed by atoms with E-state index >= 15 is 0 Å².